The largest absolute Gasteiger partial charge is 0.494 e. The molecule has 26 heavy (non-hydrogen) atoms. The maximum atomic E-state index is 12.4. The summed E-state index contributed by atoms with van der Waals surface area (Å²) >= 11 is 6.37. The second-order valence-corrected chi connectivity index (χ2v) is 7.63. The molecule has 0 saturated carbocycles. The van der Waals surface area contributed by atoms with Crippen LogP contribution in [0, 0.1) is 0 Å². The van der Waals surface area contributed by atoms with Crippen LogP contribution in [-0.2, 0) is 9.59 Å². The van der Waals surface area contributed by atoms with Gasteiger partial charge < -0.3 is 9.84 Å². The Morgan fingerprint density at radius 3 is 2.65 bits per heavy atom. The number of nitrogens with zero attached hydrogens (tertiary/aromatic N) is 1. The maximum Gasteiger partial charge on any atom is 0.305 e. The van der Waals surface area contributed by atoms with Crippen LogP contribution >= 0.6 is 24.0 Å². The van der Waals surface area contributed by atoms with E-state index in [2.05, 4.69) is 6.92 Å². The van der Waals surface area contributed by atoms with Crippen molar-refractivity contribution in [2.45, 2.75) is 39.0 Å². The number of carboxylic acids is 1. The van der Waals surface area contributed by atoms with Gasteiger partial charge in [0.1, 0.15) is 10.1 Å². The van der Waals surface area contributed by atoms with Crippen molar-refractivity contribution in [1.29, 1.82) is 0 Å². The molecule has 140 valence electrons. The Bertz CT molecular complexity index is 685. The lowest BCUT2D eigenvalue weighted by atomic mass is 10.2. The topological polar surface area (TPSA) is 66.8 Å². The molecule has 0 bridgehead atoms. The van der Waals surface area contributed by atoms with Gasteiger partial charge in [0.05, 0.1) is 17.9 Å². The number of unbranched alkanes of at least 4 members (excludes halogenated alkanes) is 3. The SMILES string of the molecule is CCCCCCOc1ccc(/C=C2\SC(=S)N(CCC(=O)O)C2=O)cc1. The van der Waals surface area contributed by atoms with Crippen molar-refractivity contribution >= 4 is 46.3 Å². The van der Waals surface area contributed by atoms with Crippen LogP contribution < -0.4 is 4.74 Å². The molecule has 0 radical (unpaired) electrons. The first-order chi connectivity index (χ1) is 12.5. The molecular weight excluding hydrogens is 370 g/mol. The molecule has 7 heteroatoms. The number of rotatable bonds is 10. The van der Waals surface area contributed by atoms with Gasteiger partial charge in [-0.1, -0.05) is 62.3 Å². The molecule has 0 aromatic heterocycles. The molecule has 0 atom stereocenters. The Balaban J connectivity index is 1.91. The monoisotopic (exact) mass is 393 g/mol. The third-order valence-corrected chi connectivity index (χ3v) is 5.25. The van der Waals surface area contributed by atoms with Gasteiger partial charge in [0.15, 0.2) is 0 Å². The first kappa shape index (κ1) is 20.5. The molecule has 1 heterocycles. The highest BCUT2D eigenvalue weighted by molar-refractivity contribution is 8.26. The fourth-order valence-electron chi connectivity index (χ4n) is 2.43. The Labute approximate surface area is 163 Å². The average molecular weight is 394 g/mol. The summed E-state index contributed by atoms with van der Waals surface area (Å²) in [5.41, 5.74) is 0.877. The zero-order chi connectivity index (χ0) is 18.9. The average Bonchev–Trinajstić information content (AvgIpc) is 2.87. The van der Waals surface area contributed by atoms with Crippen molar-refractivity contribution in [3.8, 4) is 5.75 Å². The summed E-state index contributed by atoms with van der Waals surface area (Å²) in [6.07, 6.45) is 6.31. The van der Waals surface area contributed by atoms with Crippen LogP contribution in [0.2, 0.25) is 0 Å². The summed E-state index contributed by atoms with van der Waals surface area (Å²) in [5.74, 6) is -0.376. The van der Waals surface area contributed by atoms with E-state index in [0.717, 1.165) is 17.7 Å². The summed E-state index contributed by atoms with van der Waals surface area (Å²) in [6, 6.07) is 7.56. The molecule has 2 rings (SSSR count). The molecule has 0 unspecified atom stereocenters. The molecule has 1 aliphatic rings. The van der Waals surface area contributed by atoms with Crippen LogP contribution in [-0.4, -0.2) is 39.4 Å². The van der Waals surface area contributed by atoms with Crippen molar-refractivity contribution in [3.05, 3.63) is 34.7 Å². The van der Waals surface area contributed by atoms with Gasteiger partial charge in [0, 0.05) is 6.54 Å². The summed E-state index contributed by atoms with van der Waals surface area (Å²) in [7, 11) is 0. The molecule has 1 aromatic rings. The minimum Gasteiger partial charge on any atom is -0.494 e. The summed E-state index contributed by atoms with van der Waals surface area (Å²) in [4.78, 5) is 24.9. The Morgan fingerprint density at radius 2 is 2.00 bits per heavy atom. The molecule has 1 N–H and O–H groups in total. The van der Waals surface area contributed by atoms with Crippen molar-refractivity contribution < 1.29 is 19.4 Å². The van der Waals surface area contributed by atoms with E-state index in [-0.39, 0.29) is 18.9 Å². The number of hydrogen-bond donors (Lipinski definition) is 1. The molecular formula is C19H23NO4S2. The molecule has 1 amide bonds. The third-order valence-electron chi connectivity index (χ3n) is 3.87. The van der Waals surface area contributed by atoms with Crippen LogP contribution in [0.15, 0.2) is 29.2 Å². The smallest absolute Gasteiger partial charge is 0.305 e. The van der Waals surface area contributed by atoms with Gasteiger partial charge in [-0.3, -0.25) is 14.5 Å². The van der Waals surface area contributed by atoms with Crippen molar-refractivity contribution in [2.75, 3.05) is 13.2 Å². The lowest BCUT2D eigenvalue weighted by Gasteiger charge is -2.12. The van der Waals surface area contributed by atoms with E-state index in [4.69, 9.17) is 22.1 Å². The third kappa shape index (κ3) is 6.14. The van der Waals surface area contributed by atoms with Gasteiger partial charge in [0.25, 0.3) is 5.91 Å². The molecule has 1 aliphatic heterocycles. The molecule has 0 spiro atoms. The zero-order valence-corrected chi connectivity index (χ0v) is 16.4. The predicted octanol–water partition coefficient (Wildman–Crippen LogP) is 4.32. The molecule has 1 fully saturated rings. The van der Waals surface area contributed by atoms with E-state index in [1.54, 1.807) is 6.08 Å². The number of thioether (sulfide) groups is 1. The van der Waals surface area contributed by atoms with Gasteiger partial charge in [-0.05, 0) is 30.2 Å². The lowest BCUT2D eigenvalue weighted by molar-refractivity contribution is -0.137. The van der Waals surface area contributed by atoms with Crippen LogP contribution in [0.4, 0.5) is 0 Å². The van der Waals surface area contributed by atoms with Gasteiger partial charge in [-0.25, -0.2) is 0 Å². The minimum atomic E-state index is -0.951. The maximum absolute atomic E-state index is 12.4. The summed E-state index contributed by atoms with van der Waals surface area (Å²) < 4.78 is 6.11. The van der Waals surface area contributed by atoms with E-state index in [1.165, 1.54) is 35.9 Å². The molecule has 1 saturated heterocycles. The summed E-state index contributed by atoms with van der Waals surface area (Å²) in [6.45, 7) is 2.99. The number of aliphatic carboxylic acids is 1. The van der Waals surface area contributed by atoms with Gasteiger partial charge in [0.2, 0.25) is 0 Å². The zero-order valence-electron chi connectivity index (χ0n) is 14.8. The second kappa shape index (κ2) is 10.3. The highest BCUT2D eigenvalue weighted by Crippen LogP contribution is 2.32. The van der Waals surface area contributed by atoms with E-state index in [9.17, 15) is 9.59 Å². The van der Waals surface area contributed by atoms with Crippen LogP contribution in [0.5, 0.6) is 5.75 Å². The fourth-order valence-corrected chi connectivity index (χ4v) is 3.74. The van der Waals surface area contributed by atoms with E-state index < -0.39 is 5.97 Å². The highest BCUT2D eigenvalue weighted by Gasteiger charge is 2.31. The Hall–Kier alpha value is -1.86. The number of thiocarbonyl (C=S) groups is 1. The number of ether oxygens (including phenoxy) is 1. The normalized spacial score (nSPS) is 15.7. The number of amides is 1. The van der Waals surface area contributed by atoms with E-state index >= 15 is 0 Å². The standard InChI is InChI=1S/C19H23NO4S2/c1-2-3-4-5-12-24-15-8-6-14(7-9-15)13-16-18(23)20(19(25)26-16)11-10-17(21)22/h6-9,13H,2-5,10-12H2,1H3,(H,21,22)/b16-13-. The highest BCUT2D eigenvalue weighted by atomic mass is 32.2. The van der Waals surface area contributed by atoms with Gasteiger partial charge in [-0.2, -0.15) is 0 Å². The number of benzene rings is 1. The van der Waals surface area contributed by atoms with Gasteiger partial charge >= 0.3 is 5.97 Å². The molecule has 0 aliphatic carbocycles. The number of carbonyl (C=O) groups is 2. The van der Waals surface area contributed by atoms with Crippen LogP contribution in [0.1, 0.15) is 44.6 Å². The van der Waals surface area contributed by atoms with E-state index in [1.807, 2.05) is 24.3 Å². The van der Waals surface area contributed by atoms with Crippen molar-refractivity contribution in [3.63, 3.8) is 0 Å². The van der Waals surface area contributed by atoms with Gasteiger partial charge in [-0.15, -0.1) is 0 Å². The number of carbonyl (C=O) groups excluding carboxylic acids is 1. The predicted molar refractivity (Wildman–Crippen MR) is 108 cm³/mol. The lowest BCUT2D eigenvalue weighted by Crippen LogP contribution is -2.30. The first-order valence-corrected chi connectivity index (χ1v) is 9.93. The number of carboxylic acid groups (broad SMARTS) is 1. The second-order valence-electron chi connectivity index (χ2n) is 5.96. The van der Waals surface area contributed by atoms with Crippen molar-refractivity contribution in [1.82, 2.24) is 4.90 Å². The van der Waals surface area contributed by atoms with Crippen molar-refractivity contribution in [2.24, 2.45) is 0 Å². The fraction of sp³-hybridized carbons (Fsp3) is 0.421. The quantitative estimate of drug-likeness (QED) is 0.363. The van der Waals surface area contributed by atoms with E-state index in [0.29, 0.717) is 15.8 Å². The minimum absolute atomic E-state index is 0.0994. The first-order valence-electron chi connectivity index (χ1n) is 8.71. The van der Waals surface area contributed by atoms with Crippen LogP contribution in [0.3, 0.4) is 0 Å². The Kier molecular flexibility index (Phi) is 8.12. The molecule has 5 nitrogen and oxygen atoms in total. The number of hydrogen-bond acceptors (Lipinski definition) is 5. The molecule has 1 aromatic carbocycles. The van der Waals surface area contributed by atoms with Crippen LogP contribution in [0.25, 0.3) is 6.08 Å². The summed E-state index contributed by atoms with van der Waals surface area (Å²) in [5, 5.41) is 8.76. The Morgan fingerprint density at radius 1 is 1.27 bits per heavy atom.